The number of H-pyrrole nitrogens is 1. The van der Waals surface area contributed by atoms with E-state index in [-0.39, 0.29) is 22.7 Å². The Kier molecular flexibility index (Phi) is 5.98. The number of rotatable bonds is 3. The zero-order valence-electron chi connectivity index (χ0n) is 15.2. The van der Waals surface area contributed by atoms with Gasteiger partial charge in [0.2, 0.25) is 5.95 Å². The summed E-state index contributed by atoms with van der Waals surface area (Å²) in [6, 6.07) is 19.9. The number of para-hydroxylation sites is 1. The normalized spacial score (nSPS) is 9.76. The largest absolute Gasteiger partial charge is 0.478 e. The molecule has 0 saturated carbocycles. The Balaban J connectivity index is 0.000000343. The monoisotopic (exact) mass is 384 g/mol. The Labute approximate surface area is 166 Å². The minimum Gasteiger partial charge on any atom is -0.478 e. The second-order valence-corrected chi connectivity index (χ2v) is 5.75. The van der Waals surface area contributed by atoms with Crippen LogP contribution in [-0.4, -0.2) is 31.9 Å². The number of benzene rings is 2. The topological polar surface area (TPSA) is 108 Å². The van der Waals surface area contributed by atoms with Gasteiger partial charge in [-0.15, -0.1) is 6.42 Å². The predicted molar refractivity (Wildman–Crippen MR) is 110 cm³/mol. The number of nitrogens with zero attached hydrogens (tertiary/aromatic N) is 2. The zero-order valence-corrected chi connectivity index (χ0v) is 15.2. The Hall–Kier alpha value is -4.44. The fourth-order valence-electron chi connectivity index (χ4n) is 2.52. The van der Waals surface area contributed by atoms with E-state index in [1.807, 2.05) is 36.4 Å². The van der Waals surface area contributed by atoms with Crippen LogP contribution in [0.25, 0.3) is 11.0 Å². The number of aromatic amines is 1. The Morgan fingerprint density at radius 3 is 2.31 bits per heavy atom. The van der Waals surface area contributed by atoms with Gasteiger partial charge in [0.15, 0.2) is 0 Å². The number of imidazole rings is 1. The molecule has 0 saturated heterocycles. The molecule has 7 nitrogen and oxygen atoms in total. The Morgan fingerprint density at radius 2 is 1.69 bits per heavy atom. The lowest BCUT2D eigenvalue weighted by Crippen LogP contribution is -2.16. The van der Waals surface area contributed by atoms with Crippen molar-refractivity contribution >= 4 is 28.9 Å². The van der Waals surface area contributed by atoms with E-state index in [4.69, 9.17) is 11.5 Å². The number of aromatic nitrogens is 3. The van der Waals surface area contributed by atoms with E-state index < -0.39 is 11.9 Å². The molecule has 0 radical (unpaired) electrons. The van der Waals surface area contributed by atoms with Crippen molar-refractivity contribution in [3.05, 3.63) is 89.7 Å². The summed E-state index contributed by atoms with van der Waals surface area (Å²) in [7, 11) is 0. The highest BCUT2D eigenvalue weighted by Crippen LogP contribution is 2.19. The fraction of sp³-hybridized carbons (Fsp3) is 0. The van der Waals surface area contributed by atoms with E-state index in [9.17, 15) is 9.59 Å². The lowest BCUT2D eigenvalue weighted by Gasteiger charge is -2.02. The van der Waals surface area contributed by atoms with Gasteiger partial charge in [-0.25, -0.2) is 14.8 Å². The predicted octanol–water partition coefficient (Wildman–Crippen LogP) is 3.58. The first-order valence-corrected chi connectivity index (χ1v) is 8.55. The van der Waals surface area contributed by atoms with E-state index in [1.165, 1.54) is 12.3 Å². The van der Waals surface area contributed by atoms with Crippen molar-refractivity contribution < 1.29 is 14.7 Å². The number of amides is 1. The molecule has 4 aromatic rings. The smallest absolute Gasteiger partial charge is 0.337 e. The summed E-state index contributed by atoms with van der Waals surface area (Å²) in [5.74, 6) is 0.868. The van der Waals surface area contributed by atoms with Crippen LogP contribution in [0.1, 0.15) is 26.4 Å². The molecule has 29 heavy (non-hydrogen) atoms. The summed E-state index contributed by atoms with van der Waals surface area (Å²) in [5, 5.41) is 11.7. The van der Waals surface area contributed by atoms with E-state index in [2.05, 4.69) is 26.2 Å². The molecule has 0 spiro atoms. The van der Waals surface area contributed by atoms with Crippen LogP contribution in [-0.2, 0) is 0 Å². The van der Waals surface area contributed by atoms with E-state index in [0.717, 1.165) is 0 Å². The summed E-state index contributed by atoms with van der Waals surface area (Å²) in [6.45, 7) is 0. The van der Waals surface area contributed by atoms with Gasteiger partial charge in [0.05, 0.1) is 16.6 Å². The summed E-state index contributed by atoms with van der Waals surface area (Å²) >= 11 is 0. The maximum atomic E-state index is 12.2. The molecule has 4 rings (SSSR count). The summed E-state index contributed by atoms with van der Waals surface area (Å²) in [5.41, 5.74) is 1.24. The van der Waals surface area contributed by atoms with Gasteiger partial charge in [-0.3, -0.25) is 10.1 Å². The van der Waals surface area contributed by atoms with Crippen molar-refractivity contribution in [1.82, 2.24) is 15.0 Å². The SMILES string of the molecule is C#Cc1cccnc1C(=O)Nc1nc2c(C(=O)O)cccc2[nH]1.c1ccccc1. The number of nitrogens with one attached hydrogen (secondary N) is 2. The van der Waals surface area contributed by atoms with Gasteiger partial charge in [0.25, 0.3) is 5.91 Å². The molecule has 2 aromatic heterocycles. The van der Waals surface area contributed by atoms with Crippen molar-refractivity contribution in [2.45, 2.75) is 0 Å². The minimum absolute atomic E-state index is 0.0430. The number of pyridine rings is 1. The number of fused-ring (bicyclic) bond motifs is 1. The van der Waals surface area contributed by atoms with Crippen LogP contribution in [0.2, 0.25) is 0 Å². The maximum Gasteiger partial charge on any atom is 0.337 e. The Bertz CT molecular complexity index is 1170. The lowest BCUT2D eigenvalue weighted by atomic mass is 10.2. The average molecular weight is 384 g/mol. The first-order valence-electron chi connectivity index (χ1n) is 8.55. The first kappa shape index (κ1) is 19.3. The van der Waals surface area contributed by atoms with Crippen LogP contribution in [0.3, 0.4) is 0 Å². The number of hydrogen-bond acceptors (Lipinski definition) is 4. The lowest BCUT2D eigenvalue weighted by molar-refractivity contribution is 0.0698. The van der Waals surface area contributed by atoms with Crippen LogP contribution in [0.15, 0.2) is 72.9 Å². The number of carboxylic acid groups (broad SMARTS) is 1. The zero-order chi connectivity index (χ0) is 20.6. The molecule has 3 N–H and O–H groups in total. The quantitative estimate of drug-likeness (QED) is 0.468. The van der Waals surface area contributed by atoms with Gasteiger partial charge in [0.1, 0.15) is 11.2 Å². The van der Waals surface area contributed by atoms with Crippen LogP contribution < -0.4 is 5.32 Å². The second-order valence-electron chi connectivity index (χ2n) is 5.75. The summed E-state index contributed by atoms with van der Waals surface area (Å²) < 4.78 is 0. The molecule has 1 amide bonds. The van der Waals surface area contributed by atoms with Gasteiger partial charge in [-0.05, 0) is 24.3 Å². The number of carbonyl (C=O) groups is 2. The minimum atomic E-state index is -1.10. The second kappa shape index (κ2) is 8.97. The number of carbonyl (C=O) groups excluding carboxylic acids is 1. The van der Waals surface area contributed by atoms with Gasteiger partial charge in [-0.1, -0.05) is 48.4 Å². The molecule has 2 heterocycles. The molecule has 0 aliphatic rings. The molecule has 0 aliphatic carbocycles. The van der Waals surface area contributed by atoms with Gasteiger partial charge in [-0.2, -0.15) is 0 Å². The van der Waals surface area contributed by atoms with Gasteiger partial charge >= 0.3 is 5.97 Å². The van der Waals surface area contributed by atoms with Crippen molar-refractivity contribution in [3.63, 3.8) is 0 Å². The number of aromatic carboxylic acids is 1. The number of anilines is 1. The number of carboxylic acids is 1. The molecule has 0 fully saturated rings. The van der Waals surface area contributed by atoms with E-state index in [0.29, 0.717) is 11.1 Å². The third-order valence-corrected chi connectivity index (χ3v) is 3.82. The molecule has 0 bridgehead atoms. The van der Waals surface area contributed by atoms with Gasteiger partial charge in [0, 0.05) is 6.20 Å². The van der Waals surface area contributed by atoms with Crippen LogP contribution in [0, 0.1) is 12.3 Å². The molecule has 0 aliphatic heterocycles. The summed E-state index contributed by atoms with van der Waals surface area (Å²) in [6.07, 6.45) is 6.79. The molecule has 2 aromatic carbocycles. The molecule has 7 heteroatoms. The number of terminal acetylenes is 1. The van der Waals surface area contributed by atoms with Gasteiger partial charge < -0.3 is 10.1 Å². The van der Waals surface area contributed by atoms with E-state index in [1.54, 1.807) is 24.3 Å². The van der Waals surface area contributed by atoms with Crippen molar-refractivity contribution in [2.75, 3.05) is 5.32 Å². The molecule has 142 valence electrons. The summed E-state index contributed by atoms with van der Waals surface area (Å²) in [4.78, 5) is 34.3. The molecule has 0 unspecified atom stereocenters. The van der Waals surface area contributed by atoms with Crippen molar-refractivity contribution in [1.29, 1.82) is 0 Å². The van der Waals surface area contributed by atoms with Crippen LogP contribution >= 0.6 is 0 Å². The third-order valence-electron chi connectivity index (χ3n) is 3.82. The first-order chi connectivity index (χ1) is 14.1. The molecule has 0 atom stereocenters. The maximum absolute atomic E-state index is 12.2. The van der Waals surface area contributed by atoms with Crippen LogP contribution in [0.5, 0.6) is 0 Å². The average Bonchev–Trinajstić information content (AvgIpc) is 3.17. The highest BCUT2D eigenvalue weighted by atomic mass is 16.4. The molecular formula is C22H16N4O3. The van der Waals surface area contributed by atoms with Crippen molar-refractivity contribution in [3.8, 4) is 12.3 Å². The highest BCUT2D eigenvalue weighted by Gasteiger charge is 2.16. The highest BCUT2D eigenvalue weighted by molar-refractivity contribution is 6.05. The third kappa shape index (κ3) is 4.64. The number of hydrogen-bond donors (Lipinski definition) is 3. The Morgan fingerprint density at radius 1 is 1.00 bits per heavy atom. The van der Waals surface area contributed by atoms with E-state index >= 15 is 0 Å². The van der Waals surface area contributed by atoms with Crippen molar-refractivity contribution in [2.24, 2.45) is 0 Å². The standard InChI is InChI=1S/C16H10N4O3.C6H6/c1-2-9-5-4-8-17-12(9)14(21)20-16-18-11-7-3-6-10(15(22)23)13(11)19-16;1-2-4-6-5-3-1/h1,3-8H,(H,22,23)(H2,18,19,20,21);1-6H. The van der Waals surface area contributed by atoms with Crippen LogP contribution in [0.4, 0.5) is 5.95 Å². The molecular weight excluding hydrogens is 368 g/mol. The fourth-order valence-corrected chi connectivity index (χ4v) is 2.52.